The molecule has 2 aliphatic heterocycles. The third kappa shape index (κ3) is 6.00. The molecule has 0 bridgehead atoms. The van der Waals surface area contributed by atoms with Crippen molar-refractivity contribution in [3.63, 3.8) is 0 Å². The van der Waals surface area contributed by atoms with Crippen molar-refractivity contribution in [3.8, 4) is 0 Å². The summed E-state index contributed by atoms with van der Waals surface area (Å²) in [6, 6.07) is 1.55. The van der Waals surface area contributed by atoms with E-state index < -0.39 is 0 Å². The fraction of sp³-hybridized carbons (Fsp3) is 1.00. The molecule has 1 aliphatic carbocycles. The zero-order chi connectivity index (χ0) is 17.8. The summed E-state index contributed by atoms with van der Waals surface area (Å²) in [5.74, 6) is 0. The molecule has 3 rings (SSSR count). The van der Waals surface area contributed by atoms with E-state index in [1.54, 1.807) is 0 Å². The Morgan fingerprint density at radius 3 is 2.04 bits per heavy atom. The first-order valence-electron chi connectivity index (χ1n) is 11.6. The van der Waals surface area contributed by atoms with E-state index in [1.807, 2.05) is 0 Å². The molecule has 0 aromatic heterocycles. The van der Waals surface area contributed by atoms with Gasteiger partial charge in [0.1, 0.15) is 0 Å². The second kappa shape index (κ2) is 11.6. The Hall–Kier alpha value is 0.500. The van der Waals surface area contributed by atoms with Crippen LogP contribution in [0.4, 0.5) is 0 Å². The van der Waals surface area contributed by atoms with E-state index in [2.05, 4.69) is 31.0 Å². The molecule has 0 aromatic rings. The molecule has 1 saturated carbocycles. The zero-order valence-electron chi connectivity index (χ0n) is 18.2. The lowest BCUT2D eigenvalue weighted by Crippen LogP contribution is -2.47. The lowest BCUT2D eigenvalue weighted by atomic mass is 9.58. The van der Waals surface area contributed by atoms with Crippen LogP contribution in [0.2, 0.25) is 0 Å². The molecule has 2 heterocycles. The van der Waals surface area contributed by atoms with E-state index in [0.29, 0.717) is 10.8 Å². The van der Waals surface area contributed by atoms with Crippen LogP contribution >= 0.6 is 24.8 Å². The summed E-state index contributed by atoms with van der Waals surface area (Å²) in [5, 5.41) is 3.95. The highest BCUT2D eigenvalue weighted by Crippen LogP contribution is 2.54. The normalized spacial score (nSPS) is 28.3. The van der Waals surface area contributed by atoms with E-state index >= 15 is 0 Å². The first-order valence-corrected chi connectivity index (χ1v) is 11.6. The molecule has 2 saturated heterocycles. The fourth-order valence-corrected chi connectivity index (χ4v) is 6.63. The maximum atomic E-state index is 3.95. The van der Waals surface area contributed by atoms with Crippen LogP contribution in [0.1, 0.15) is 104 Å². The minimum Gasteiger partial charge on any atom is -0.313 e. The van der Waals surface area contributed by atoms with Crippen molar-refractivity contribution in [3.05, 3.63) is 0 Å². The van der Waals surface area contributed by atoms with Gasteiger partial charge >= 0.3 is 0 Å². The van der Waals surface area contributed by atoms with Gasteiger partial charge in [-0.25, -0.2) is 0 Å². The summed E-state index contributed by atoms with van der Waals surface area (Å²) in [6.45, 7) is 11.2. The molecule has 2 unspecified atom stereocenters. The highest BCUT2D eigenvalue weighted by atomic mass is 35.5. The molecule has 27 heavy (non-hydrogen) atoms. The van der Waals surface area contributed by atoms with Crippen LogP contribution in [-0.2, 0) is 0 Å². The van der Waals surface area contributed by atoms with Crippen LogP contribution in [0.15, 0.2) is 0 Å². The summed E-state index contributed by atoms with van der Waals surface area (Å²) in [7, 11) is 0. The molecule has 2 nitrogen and oxygen atoms in total. The predicted octanol–water partition coefficient (Wildman–Crippen LogP) is 6.60. The van der Waals surface area contributed by atoms with Crippen LogP contribution < -0.4 is 5.32 Å². The molecule has 4 heteroatoms. The predicted molar refractivity (Wildman–Crippen MR) is 124 cm³/mol. The molecule has 3 aliphatic rings. The summed E-state index contributed by atoms with van der Waals surface area (Å²) >= 11 is 0. The Bertz CT molecular complexity index is 393. The van der Waals surface area contributed by atoms with Gasteiger partial charge in [-0.15, -0.1) is 24.8 Å². The first kappa shape index (κ1) is 25.5. The van der Waals surface area contributed by atoms with Gasteiger partial charge in [0.2, 0.25) is 0 Å². The summed E-state index contributed by atoms with van der Waals surface area (Å²) in [4.78, 5) is 2.78. The van der Waals surface area contributed by atoms with E-state index in [0.717, 1.165) is 12.1 Å². The Morgan fingerprint density at radius 1 is 0.889 bits per heavy atom. The van der Waals surface area contributed by atoms with Gasteiger partial charge in [0.05, 0.1) is 0 Å². The molecule has 0 radical (unpaired) electrons. The SMILES string of the molecule is CCCC1(CCC)CCC2(CCNC2CC(C)N2CCCCC2)CC1.Cl.Cl. The van der Waals surface area contributed by atoms with Gasteiger partial charge in [-0.1, -0.05) is 33.1 Å². The van der Waals surface area contributed by atoms with Gasteiger partial charge in [-0.2, -0.15) is 0 Å². The highest BCUT2D eigenvalue weighted by Gasteiger charge is 2.48. The van der Waals surface area contributed by atoms with Gasteiger partial charge in [-0.3, -0.25) is 0 Å². The number of rotatable bonds is 7. The Morgan fingerprint density at radius 2 is 1.48 bits per heavy atom. The van der Waals surface area contributed by atoms with Gasteiger partial charge in [-0.05, 0) is 102 Å². The van der Waals surface area contributed by atoms with Crippen molar-refractivity contribution in [1.82, 2.24) is 10.2 Å². The average molecular weight is 422 g/mol. The maximum Gasteiger partial charge on any atom is 0.0139 e. The smallest absolute Gasteiger partial charge is 0.0139 e. The number of hydrogen-bond acceptors (Lipinski definition) is 2. The standard InChI is InChI=1S/C23H44N2.2ClH/c1-4-9-22(10-5-2)11-13-23(14-12-22)15-16-24-21(23)19-20(3)25-17-7-6-8-18-25;;/h20-21,24H,4-19H2,1-3H3;2*1H. The van der Waals surface area contributed by atoms with E-state index in [9.17, 15) is 0 Å². The second-order valence-corrected chi connectivity index (χ2v) is 9.80. The largest absolute Gasteiger partial charge is 0.313 e. The van der Waals surface area contributed by atoms with Crippen molar-refractivity contribution in [1.29, 1.82) is 0 Å². The van der Waals surface area contributed by atoms with Crippen LogP contribution in [-0.4, -0.2) is 36.6 Å². The van der Waals surface area contributed by atoms with Crippen molar-refractivity contribution >= 4 is 24.8 Å². The minimum absolute atomic E-state index is 0. The Labute approximate surface area is 181 Å². The number of hydrogen-bond donors (Lipinski definition) is 1. The first-order chi connectivity index (χ1) is 12.1. The molecular weight excluding hydrogens is 375 g/mol. The third-order valence-corrected chi connectivity index (χ3v) is 8.21. The Kier molecular flexibility index (Phi) is 11.0. The minimum atomic E-state index is 0. The lowest BCUT2D eigenvalue weighted by molar-refractivity contribution is 0.0404. The van der Waals surface area contributed by atoms with Crippen LogP contribution in [0.3, 0.4) is 0 Å². The van der Waals surface area contributed by atoms with E-state index in [4.69, 9.17) is 0 Å². The topological polar surface area (TPSA) is 15.3 Å². The van der Waals surface area contributed by atoms with Gasteiger partial charge in [0, 0.05) is 12.1 Å². The monoisotopic (exact) mass is 420 g/mol. The zero-order valence-corrected chi connectivity index (χ0v) is 19.9. The molecule has 3 fully saturated rings. The summed E-state index contributed by atoms with van der Waals surface area (Å²) < 4.78 is 0. The maximum absolute atomic E-state index is 3.95. The average Bonchev–Trinajstić information content (AvgIpc) is 3.01. The van der Waals surface area contributed by atoms with Crippen molar-refractivity contribution < 1.29 is 0 Å². The van der Waals surface area contributed by atoms with Crippen LogP contribution in [0.25, 0.3) is 0 Å². The number of nitrogens with one attached hydrogen (secondary N) is 1. The molecule has 0 amide bonds. The summed E-state index contributed by atoms with van der Waals surface area (Å²) in [6.07, 6.45) is 18.8. The number of piperidine rings is 1. The van der Waals surface area contributed by atoms with Gasteiger partial charge in [0.15, 0.2) is 0 Å². The van der Waals surface area contributed by atoms with Gasteiger partial charge < -0.3 is 10.2 Å². The Balaban J connectivity index is 0.00000182. The molecule has 0 aromatic carbocycles. The van der Waals surface area contributed by atoms with Crippen molar-refractivity contribution in [2.24, 2.45) is 10.8 Å². The van der Waals surface area contributed by atoms with E-state index in [-0.39, 0.29) is 24.8 Å². The molecule has 2 atom stereocenters. The molecular formula is C23H46Cl2N2. The molecule has 1 N–H and O–H groups in total. The lowest BCUT2D eigenvalue weighted by Gasteiger charge is -2.48. The summed E-state index contributed by atoms with van der Waals surface area (Å²) in [5.41, 5.74) is 1.33. The second-order valence-electron chi connectivity index (χ2n) is 9.80. The van der Waals surface area contributed by atoms with Gasteiger partial charge in [0.25, 0.3) is 0 Å². The van der Waals surface area contributed by atoms with E-state index in [1.165, 1.54) is 103 Å². The quantitative estimate of drug-likeness (QED) is 0.498. The third-order valence-electron chi connectivity index (χ3n) is 8.21. The van der Waals surface area contributed by atoms with Crippen molar-refractivity contribution in [2.75, 3.05) is 19.6 Å². The number of halogens is 2. The molecule has 1 spiro atoms. The number of likely N-dealkylation sites (tertiary alicyclic amines) is 1. The van der Waals surface area contributed by atoms with Crippen LogP contribution in [0, 0.1) is 10.8 Å². The van der Waals surface area contributed by atoms with Crippen molar-refractivity contribution in [2.45, 2.75) is 116 Å². The molecule has 162 valence electrons. The highest BCUT2D eigenvalue weighted by molar-refractivity contribution is 5.85. The fourth-order valence-electron chi connectivity index (χ4n) is 6.63. The number of nitrogens with zero attached hydrogens (tertiary/aromatic N) is 1. The van der Waals surface area contributed by atoms with Crippen LogP contribution in [0.5, 0.6) is 0 Å².